The lowest BCUT2D eigenvalue weighted by Crippen LogP contribution is -2.23. The molecule has 0 bridgehead atoms. The predicted octanol–water partition coefficient (Wildman–Crippen LogP) is 0.574. The number of hydrogen-bond acceptors (Lipinski definition) is 4. The molecule has 0 aliphatic rings. The maximum atomic E-state index is 10.3. The summed E-state index contributed by atoms with van der Waals surface area (Å²) in [5.41, 5.74) is 6.15. The summed E-state index contributed by atoms with van der Waals surface area (Å²) < 4.78 is 0. The molecule has 0 aromatic heterocycles. The lowest BCUT2D eigenvalue weighted by atomic mass is 10.1. The summed E-state index contributed by atoms with van der Waals surface area (Å²) in [6.45, 7) is 0. The van der Waals surface area contributed by atoms with E-state index in [4.69, 9.17) is 5.73 Å². The van der Waals surface area contributed by atoms with Crippen LogP contribution in [0.2, 0.25) is 0 Å². The molecular weight excluding hydrogens is 184 g/mol. The fraction of sp³-hybridized carbons (Fsp3) is 0.222. The molecule has 0 spiro atoms. The van der Waals surface area contributed by atoms with Crippen LogP contribution in [0.3, 0.4) is 0 Å². The molecule has 2 N–H and O–H groups in total. The van der Waals surface area contributed by atoms with Gasteiger partial charge in [-0.05, 0) is 12.0 Å². The molecule has 73 valence electrons. The molecule has 1 radical (unpaired) electrons. The quantitative estimate of drug-likeness (QED) is 0.559. The van der Waals surface area contributed by atoms with E-state index in [1.165, 1.54) is 12.1 Å². The Morgan fingerprint density at radius 2 is 2.00 bits per heavy atom. The van der Waals surface area contributed by atoms with Gasteiger partial charge >= 0.3 is 0 Å². The van der Waals surface area contributed by atoms with Crippen molar-refractivity contribution in [3.05, 3.63) is 39.9 Å². The lowest BCUT2D eigenvalue weighted by molar-refractivity contribution is -0.384. The van der Waals surface area contributed by atoms with Crippen LogP contribution in [0.25, 0.3) is 0 Å². The lowest BCUT2D eigenvalue weighted by Gasteiger charge is -2.02. The SMILES string of the molecule is N[C@H]([C]=O)Cc1ccc([N+](=O)[O-])cc1. The van der Waals surface area contributed by atoms with Crippen molar-refractivity contribution in [3.8, 4) is 0 Å². The third-order valence-electron chi connectivity index (χ3n) is 1.75. The van der Waals surface area contributed by atoms with Crippen molar-refractivity contribution < 1.29 is 9.72 Å². The summed E-state index contributed by atoms with van der Waals surface area (Å²) in [5, 5.41) is 10.3. The maximum Gasteiger partial charge on any atom is 0.269 e. The normalized spacial score (nSPS) is 12.1. The predicted molar refractivity (Wildman–Crippen MR) is 50.5 cm³/mol. The van der Waals surface area contributed by atoms with Gasteiger partial charge in [0.25, 0.3) is 5.69 Å². The highest BCUT2D eigenvalue weighted by atomic mass is 16.6. The Kier molecular flexibility index (Phi) is 3.30. The molecule has 1 aromatic carbocycles. The highest BCUT2D eigenvalue weighted by molar-refractivity contribution is 5.58. The van der Waals surface area contributed by atoms with E-state index in [1.54, 1.807) is 18.4 Å². The molecule has 1 aromatic rings. The van der Waals surface area contributed by atoms with Gasteiger partial charge in [0.2, 0.25) is 6.29 Å². The fourth-order valence-electron chi connectivity index (χ4n) is 1.05. The number of nitro benzene ring substituents is 1. The van der Waals surface area contributed by atoms with Gasteiger partial charge < -0.3 is 5.73 Å². The first-order valence-electron chi connectivity index (χ1n) is 4.00. The average Bonchev–Trinajstić information content (AvgIpc) is 2.18. The van der Waals surface area contributed by atoms with E-state index in [1.807, 2.05) is 0 Å². The van der Waals surface area contributed by atoms with Crippen LogP contribution in [-0.2, 0) is 11.2 Å². The average molecular weight is 193 g/mol. The zero-order valence-electron chi connectivity index (χ0n) is 7.34. The molecule has 0 aliphatic carbocycles. The minimum Gasteiger partial charge on any atom is -0.321 e. The Balaban J connectivity index is 2.73. The Labute approximate surface area is 80.7 Å². The van der Waals surface area contributed by atoms with E-state index < -0.39 is 11.0 Å². The summed E-state index contributed by atoms with van der Waals surface area (Å²) in [6.07, 6.45) is 1.99. The Bertz CT molecular complexity index is 334. The van der Waals surface area contributed by atoms with Gasteiger partial charge in [0.1, 0.15) is 0 Å². The minimum absolute atomic E-state index is 0.0254. The second-order valence-corrected chi connectivity index (χ2v) is 2.85. The molecule has 5 heteroatoms. The number of nitrogens with zero attached hydrogens (tertiary/aromatic N) is 1. The van der Waals surface area contributed by atoms with Crippen LogP contribution in [0.1, 0.15) is 5.56 Å². The molecule has 0 heterocycles. The number of nitro groups is 1. The van der Waals surface area contributed by atoms with Crippen LogP contribution < -0.4 is 5.73 Å². The molecule has 0 aliphatic heterocycles. The molecule has 0 amide bonds. The van der Waals surface area contributed by atoms with Crippen molar-refractivity contribution in [1.82, 2.24) is 0 Å². The van der Waals surface area contributed by atoms with Crippen LogP contribution in [0.4, 0.5) is 5.69 Å². The number of carbonyl (C=O) groups excluding carboxylic acids is 1. The Morgan fingerprint density at radius 3 is 2.43 bits per heavy atom. The second-order valence-electron chi connectivity index (χ2n) is 2.85. The smallest absolute Gasteiger partial charge is 0.269 e. The molecule has 0 saturated heterocycles. The monoisotopic (exact) mass is 193 g/mol. The van der Waals surface area contributed by atoms with Crippen molar-refractivity contribution in [3.63, 3.8) is 0 Å². The van der Waals surface area contributed by atoms with Crippen LogP contribution in [0, 0.1) is 10.1 Å². The van der Waals surface area contributed by atoms with E-state index in [9.17, 15) is 14.9 Å². The maximum absolute atomic E-state index is 10.3. The van der Waals surface area contributed by atoms with E-state index in [0.717, 1.165) is 5.56 Å². The van der Waals surface area contributed by atoms with E-state index in [2.05, 4.69) is 0 Å². The third-order valence-corrected chi connectivity index (χ3v) is 1.75. The van der Waals surface area contributed by atoms with E-state index in [0.29, 0.717) is 6.42 Å². The fourth-order valence-corrected chi connectivity index (χ4v) is 1.05. The van der Waals surface area contributed by atoms with Crippen molar-refractivity contribution in [2.24, 2.45) is 5.73 Å². The third kappa shape index (κ3) is 2.63. The van der Waals surface area contributed by atoms with Gasteiger partial charge in [-0.3, -0.25) is 14.9 Å². The molecule has 0 unspecified atom stereocenters. The second kappa shape index (κ2) is 4.48. The van der Waals surface area contributed by atoms with Gasteiger partial charge in [0.15, 0.2) is 0 Å². The molecule has 0 saturated carbocycles. The molecule has 1 rings (SSSR count). The number of non-ortho nitro benzene ring substituents is 1. The zero-order valence-corrected chi connectivity index (χ0v) is 7.34. The number of rotatable bonds is 4. The summed E-state index contributed by atoms with van der Waals surface area (Å²) in [6, 6.07) is 5.25. The Morgan fingerprint density at radius 1 is 1.43 bits per heavy atom. The summed E-state index contributed by atoms with van der Waals surface area (Å²) >= 11 is 0. The van der Waals surface area contributed by atoms with Gasteiger partial charge in [0.05, 0.1) is 11.0 Å². The first-order chi connectivity index (χ1) is 6.63. The van der Waals surface area contributed by atoms with E-state index in [-0.39, 0.29) is 5.69 Å². The van der Waals surface area contributed by atoms with Crippen molar-refractivity contribution in [2.75, 3.05) is 0 Å². The number of nitrogens with two attached hydrogens (primary N) is 1. The first-order valence-corrected chi connectivity index (χ1v) is 4.00. The van der Waals surface area contributed by atoms with Crippen LogP contribution in [-0.4, -0.2) is 17.3 Å². The van der Waals surface area contributed by atoms with Crippen LogP contribution in [0.5, 0.6) is 0 Å². The van der Waals surface area contributed by atoms with Gasteiger partial charge in [-0.2, -0.15) is 0 Å². The molecule has 5 nitrogen and oxygen atoms in total. The number of benzene rings is 1. The molecule has 0 fully saturated rings. The summed E-state index contributed by atoms with van der Waals surface area (Å²) in [5.74, 6) is 0. The highest BCUT2D eigenvalue weighted by Gasteiger charge is 2.06. The van der Waals surface area contributed by atoms with Crippen LogP contribution >= 0.6 is 0 Å². The van der Waals surface area contributed by atoms with Crippen molar-refractivity contribution in [2.45, 2.75) is 12.5 Å². The summed E-state index contributed by atoms with van der Waals surface area (Å²) in [4.78, 5) is 20.0. The largest absolute Gasteiger partial charge is 0.321 e. The molecule has 1 atom stereocenters. The van der Waals surface area contributed by atoms with Gasteiger partial charge in [0, 0.05) is 12.1 Å². The highest BCUT2D eigenvalue weighted by Crippen LogP contribution is 2.12. The van der Waals surface area contributed by atoms with Crippen molar-refractivity contribution in [1.29, 1.82) is 0 Å². The van der Waals surface area contributed by atoms with Crippen LogP contribution in [0.15, 0.2) is 24.3 Å². The van der Waals surface area contributed by atoms with Gasteiger partial charge in [-0.1, -0.05) is 12.1 Å². The summed E-state index contributed by atoms with van der Waals surface area (Å²) in [7, 11) is 0. The number of hydrogen-bond donors (Lipinski definition) is 1. The van der Waals surface area contributed by atoms with Gasteiger partial charge in [-0.25, -0.2) is 0 Å². The molecule has 14 heavy (non-hydrogen) atoms. The topological polar surface area (TPSA) is 86.2 Å². The molecular formula is C9H9N2O3. The zero-order chi connectivity index (χ0) is 10.6. The van der Waals surface area contributed by atoms with Crippen molar-refractivity contribution >= 4 is 12.0 Å². The van der Waals surface area contributed by atoms with E-state index >= 15 is 0 Å². The first kappa shape index (κ1) is 10.3. The Hall–Kier alpha value is -1.75. The van der Waals surface area contributed by atoms with Gasteiger partial charge in [-0.15, -0.1) is 0 Å². The minimum atomic E-state index is -0.670. The standard InChI is InChI=1S/C9H9N2O3/c10-8(6-12)5-7-1-3-9(4-2-7)11(13)14/h1-4,8H,5,10H2/t8-/m0/s1.